The zero-order valence-corrected chi connectivity index (χ0v) is 12.8. The van der Waals surface area contributed by atoms with E-state index >= 15 is 0 Å². The molecule has 2 N–H and O–H groups in total. The number of hydrogen-bond acceptors (Lipinski definition) is 3. The number of rotatable bonds is 4. The van der Waals surface area contributed by atoms with Crippen molar-refractivity contribution >= 4 is 15.9 Å². The SMILES string of the molecule is COc1cc(C)cc(C)c1-c1nc(CCO)[nH]c1Br. The van der Waals surface area contributed by atoms with Crippen molar-refractivity contribution in [3.8, 4) is 17.0 Å². The van der Waals surface area contributed by atoms with Crippen LogP contribution in [0.3, 0.4) is 0 Å². The van der Waals surface area contributed by atoms with Gasteiger partial charge in [-0.2, -0.15) is 0 Å². The number of H-pyrrole nitrogens is 1. The third kappa shape index (κ3) is 2.82. The molecular formula is C14H17BrN2O2. The number of ether oxygens (including phenoxy) is 1. The number of benzene rings is 1. The number of aromatic nitrogens is 2. The van der Waals surface area contributed by atoms with Crippen LogP contribution in [0.25, 0.3) is 11.3 Å². The molecule has 0 aliphatic heterocycles. The summed E-state index contributed by atoms with van der Waals surface area (Å²) < 4.78 is 6.27. The highest BCUT2D eigenvalue weighted by Crippen LogP contribution is 2.37. The first-order valence-electron chi connectivity index (χ1n) is 6.07. The fraction of sp³-hybridized carbons (Fsp3) is 0.357. The van der Waals surface area contributed by atoms with Crippen molar-refractivity contribution in [3.63, 3.8) is 0 Å². The minimum absolute atomic E-state index is 0.0728. The Labute approximate surface area is 121 Å². The van der Waals surface area contributed by atoms with Gasteiger partial charge in [0.25, 0.3) is 0 Å². The Morgan fingerprint density at radius 3 is 2.74 bits per heavy atom. The molecule has 2 rings (SSSR count). The van der Waals surface area contributed by atoms with Gasteiger partial charge in [0.05, 0.1) is 13.7 Å². The van der Waals surface area contributed by atoms with E-state index < -0.39 is 0 Å². The number of methoxy groups -OCH3 is 1. The molecule has 1 heterocycles. The number of aliphatic hydroxyl groups is 1. The van der Waals surface area contributed by atoms with Gasteiger partial charge in [-0.1, -0.05) is 6.07 Å². The number of nitrogens with zero attached hydrogens (tertiary/aromatic N) is 1. The van der Waals surface area contributed by atoms with Gasteiger partial charge in [-0.25, -0.2) is 4.98 Å². The molecule has 0 amide bonds. The van der Waals surface area contributed by atoms with Gasteiger partial charge in [0.2, 0.25) is 0 Å². The minimum atomic E-state index is 0.0728. The Kier molecular flexibility index (Phi) is 4.27. The Bertz CT molecular complexity index is 593. The van der Waals surface area contributed by atoms with E-state index in [9.17, 15) is 0 Å². The summed E-state index contributed by atoms with van der Waals surface area (Å²) >= 11 is 3.48. The van der Waals surface area contributed by atoms with Crippen LogP contribution < -0.4 is 4.74 Å². The molecule has 0 bridgehead atoms. The quantitative estimate of drug-likeness (QED) is 0.908. The first-order chi connectivity index (χ1) is 9.06. The summed E-state index contributed by atoms with van der Waals surface area (Å²) in [4.78, 5) is 7.65. The van der Waals surface area contributed by atoms with Crippen LogP contribution in [0.2, 0.25) is 0 Å². The summed E-state index contributed by atoms with van der Waals surface area (Å²) in [6.45, 7) is 4.15. The van der Waals surface area contributed by atoms with Gasteiger partial charge in [0.1, 0.15) is 21.9 Å². The average Bonchev–Trinajstić information content (AvgIpc) is 2.69. The van der Waals surface area contributed by atoms with E-state index in [1.807, 2.05) is 19.9 Å². The van der Waals surface area contributed by atoms with Crippen molar-refractivity contribution in [2.45, 2.75) is 20.3 Å². The molecule has 0 aliphatic carbocycles. The van der Waals surface area contributed by atoms with Crippen molar-refractivity contribution in [1.29, 1.82) is 0 Å². The molecule has 102 valence electrons. The number of imidazole rings is 1. The molecule has 1 aromatic carbocycles. The highest BCUT2D eigenvalue weighted by Gasteiger charge is 2.17. The Morgan fingerprint density at radius 1 is 1.37 bits per heavy atom. The molecule has 19 heavy (non-hydrogen) atoms. The maximum absolute atomic E-state index is 8.98. The number of nitrogens with one attached hydrogen (secondary N) is 1. The van der Waals surface area contributed by atoms with Crippen LogP contribution in [0.4, 0.5) is 0 Å². The van der Waals surface area contributed by atoms with Gasteiger partial charge in [-0.15, -0.1) is 0 Å². The van der Waals surface area contributed by atoms with Crippen molar-refractivity contribution < 1.29 is 9.84 Å². The molecule has 4 nitrogen and oxygen atoms in total. The van der Waals surface area contributed by atoms with Crippen molar-refractivity contribution in [1.82, 2.24) is 9.97 Å². The first kappa shape index (κ1) is 14.1. The third-order valence-electron chi connectivity index (χ3n) is 2.96. The predicted octanol–water partition coefficient (Wildman–Crippen LogP) is 3.00. The molecule has 0 atom stereocenters. The highest BCUT2D eigenvalue weighted by atomic mass is 79.9. The largest absolute Gasteiger partial charge is 0.496 e. The average molecular weight is 325 g/mol. The summed E-state index contributed by atoms with van der Waals surface area (Å²) in [5.74, 6) is 1.56. The second kappa shape index (κ2) is 5.75. The van der Waals surface area contributed by atoms with Crippen molar-refractivity contribution in [2.75, 3.05) is 13.7 Å². The number of aryl methyl sites for hydroxylation is 2. The summed E-state index contributed by atoms with van der Waals surface area (Å²) in [5.41, 5.74) is 4.05. The molecular weight excluding hydrogens is 308 g/mol. The monoisotopic (exact) mass is 324 g/mol. The zero-order valence-electron chi connectivity index (χ0n) is 11.2. The lowest BCUT2D eigenvalue weighted by Crippen LogP contribution is -1.95. The molecule has 2 aromatic rings. The topological polar surface area (TPSA) is 58.1 Å². The predicted molar refractivity (Wildman–Crippen MR) is 78.5 cm³/mol. The molecule has 0 fully saturated rings. The van der Waals surface area contributed by atoms with E-state index in [1.54, 1.807) is 7.11 Å². The summed E-state index contributed by atoms with van der Waals surface area (Å²) in [7, 11) is 1.66. The second-order valence-corrected chi connectivity index (χ2v) is 5.27. The highest BCUT2D eigenvalue weighted by molar-refractivity contribution is 9.10. The van der Waals surface area contributed by atoms with Crippen LogP contribution in [0.5, 0.6) is 5.75 Å². The third-order valence-corrected chi connectivity index (χ3v) is 3.53. The summed E-state index contributed by atoms with van der Waals surface area (Å²) in [6.07, 6.45) is 0.506. The van der Waals surface area contributed by atoms with E-state index in [2.05, 4.69) is 32.0 Å². The van der Waals surface area contributed by atoms with Crippen LogP contribution in [0.1, 0.15) is 17.0 Å². The molecule has 0 radical (unpaired) electrons. The maximum Gasteiger partial charge on any atom is 0.128 e. The molecule has 0 saturated carbocycles. The summed E-state index contributed by atoms with van der Waals surface area (Å²) in [5, 5.41) is 8.98. The van der Waals surface area contributed by atoms with Gasteiger partial charge in [0.15, 0.2) is 0 Å². The Hall–Kier alpha value is -1.33. The van der Waals surface area contributed by atoms with Crippen molar-refractivity contribution in [2.24, 2.45) is 0 Å². The van der Waals surface area contributed by atoms with Crippen LogP contribution in [0, 0.1) is 13.8 Å². The van der Waals surface area contributed by atoms with E-state index in [0.717, 1.165) is 38.6 Å². The lowest BCUT2D eigenvalue weighted by Gasteiger charge is -2.11. The fourth-order valence-corrected chi connectivity index (χ4v) is 2.70. The lowest BCUT2D eigenvalue weighted by molar-refractivity contribution is 0.297. The first-order valence-corrected chi connectivity index (χ1v) is 6.87. The van der Waals surface area contributed by atoms with E-state index in [0.29, 0.717) is 6.42 Å². The lowest BCUT2D eigenvalue weighted by atomic mass is 10.0. The van der Waals surface area contributed by atoms with E-state index in [4.69, 9.17) is 9.84 Å². The minimum Gasteiger partial charge on any atom is -0.496 e. The molecule has 1 aromatic heterocycles. The van der Waals surface area contributed by atoms with E-state index in [1.165, 1.54) is 0 Å². The van der Waals surface area contributed by atoms with Crippen LogP contribution in [0.15, 0.2) is 16.7 Å². The van der Waals surface area contributed by atoms with Crippen LogP contribution in [-0.4, -0.2) is 28.8 Å². The smallest absolute Gasteiger partial charge is 0.128 e. The van der Waals surface area contributed by atoms with Gasteiger partial charge in [-0.05, 0) is 47.0 Å². The van der Waals surface area contributed by atoms with E-state index in [-0.39, 0.29) is 6.61 Å². The standard InChI is InChI=1S/C14H17BrN2O2/c1-8-6-9(2)12(10(7-8)19-3)13-14(15)17-11(16-13)4-5-18/h6-7,18H,4-5H2,1-3H3,(H,16,17). The van der Waals surface area contributed by atoms with Gasteiger partial charge in [0, 0.05) is 12.0 Å². The number of hydrogen-bond donors (Lipinski definition) is 2. The van der Waals surface area contributed by atoms with Crippen LogP contribution >= 0.6 is 15.9 Å². The number of aliphatic hydroxyl groups excluding tert-OH is 1. The Balaban J connectivity index is 2.58. The normalized spacial score (nSPS) is 10.8. The second-order valence-electron chi connectivity index (χ2n) is 4.48. The molecule has 0 saturated heterocycles. The molecule has 0 spiro atoms. The zero-order chi connectivity index (χ0) is 14.0. The summed E-state index contributed by atoms with van der Waals surface area (Å²) in [6, 6.07) is 4.10. The van der Waals surface area contributed by atoms with Crippen LogP contribution in [-0.2, 0) is 6.42 Å². The molecule has 5 heteroatoms. The molecule has 0 aliphatic rings. The molecule has 0 unspecified atom stereocenters. The Morgan fingerprint density at radius 2 is 2.11 bits per heavy atom. The number of halogens is 1. The van der Waals surface area contributed by atoms with Crippen molar-refractivity contribution in [3.05, 3.63) is 33.7 Å². The van der Waals surface area contributed by atoms with Gasteiger partial charge in [-0.3, -0.25) is 0 Å². The fourth-order valence-electron chi connectivity index (χ4n) is 2.18. The maximum atomic E-state index is 8.98. The number of aromatic amines is 1. The van der Waals surface area contributed by atoms with Gasteiger partial charge >= 0.3 is 0 Å². The van der Waals surface area contributed by atoms with Gasteiger partial charge < -0.3 is 14.8 Å².